The Morgan fingerprint density at radius 1 is 0.444 bits per heavy atom. The van der Waals surface area contributed by atoms with Crippen molar-refractivity contribution in [3.63, 3.8) is 0 Å². The van der Waals surface area contributed by atoms with E-state index in [-0.39, 0.29) is 100 Å². The number of carboxylic acid groups (broad SMARTS) is 2. The molecule has 2 aromatic heterocycles. The van der Waals surface area contributed by atoms with Crippen molar-refractivity contribution in [3.05, 3.63) is 246 Å². The molecule has 10 rings (SSSR count). The number of para-hydroxylation sites is 2. The minimum atomic E-state index is -1.39. The van der Waals surface area contributed by atoms with Gasteiger partial charge in [-0.15, -0.1) is 0 Å². The van der Waals surface area contributed by atoms with Crippen LogP contribution in [0.25, 0.3) is 55.5 Å². The van der Waals surface area contributed by atoms with Crippen LogP contribution in [0.1, 0.15) is 117 Å². The van der Waals surface area contributed by atoms with Crippen LogP contribution in [0.5, 0.6) is 5.75 Å². The summed E-state index contributed by atoms with van der Waals surface area (Å²) in [4.78, 5) is 61.0. The molecule has 0 aliphatic carbocycles. The van der Waals surface area contributed by atoms with Crippen LogP contribution in [0.15, 0.2) is 212 Å². The summed E-state index contributed by atoms with van der Waals surface area (Å²) in [5, 5.41) is 80.3. The molecule has 0 spiro atoms. The molecule has 0 saturated carbocycles. The summed E-state index contributed by atoms with van der Waals surface area (Å²) >= 11 is 0. The fourth-order valence-corrected chi connectivity index (χ4v) is 11.8. The number of carboxylic acids is 2. The Balaban J connectivity index is 0.000000226. The third kappa shape index (κ3) is 21.4. The van der Waals surface area contributed by atoms with E-state index in [9.17, 15) is 63.4 Å². The number of hydrogen-bond acceptors (Lipinski definition) is 13. The SMILES string of the molecule is CC(C)c1c(C(=O)Nc2ccccc2)c(-c2ccccc2)c(-c2ccc(F)cc2)n1CC[C@@H](O)C[C@@H](O)CC(=O)[O-].CC(C)c1c(C(=O)Nc2ccccc2)c(-c2ccccc2)c(-c2ccc(F)cc2)n1CC[C@@H](O)C[C@@H](O)CC(=O)[O-].CC(O)C(=O)Oc1ccc2ccccc2c1.[Ca+2]. The molecule has 2 heterocycles. The monoisotopic (exact) mass is 1370 g/mol. The van der Waals surface area contributed by atoms with Crippen LogP contribution >= 0.6 is 0 Å². The Morgan fingerprint density at radius 3 is 1.15 bits per heavy atom. The summed E-state index contributed by atoms with van der Waals surface area (Å²) in [7, 11) is 0. The quantitative estimate of drug-likeness (QED) is 0.0151. The number of ether oxygens (including phenoxy) is 1. The summed E-state index contributed by atoms with van der Waals surface area (Å²) < 4.78 is 37.0. The molecule has 7 N–H and O–H groups in total. The number of nitrogens with one attached hydrogen (secondary N) is 2. The zero-order chi connectivity index (χ0) is 70.6. The number of aliphatic hydroxyl groups excluding tert-OH is 5. The van der Waals surface area contributed by atoms with Crippen LogP contribution in [0.3, 0.4) is 0 Å². The van der Waals surface area contributed by atoms with Crippen LogP contribution in [-0.4, -0.2) is 133 Å². The number of carbonyl (C=O) groups excluding carboxylic acids is 5. The largest absolute Gasteiger partial charge is 2.00 e. The molecule has 20 heteroatoms. The van der Waals surface area contributed by atoms with Crippen molar-refractivity contribution in [1.29, 1.82) is 0 Å². The molecule has 2 amide bonds. The average Bonchev–Trinajstić information content (AvgIpc) is 1.60. The number of aliphatic hydroxyl groups is 5. The molecule has 8 aromatic carbocycles. The van der Waals surface area contributed by atoms with Gasteiger partial charge in [0.2, 0.25) is 0 Å². The van der Waals surface area contributed by atoms with Crippen molar-refractivity contribution in [3.8, 4) is 50.5 Å². The second-order valence-electron chi connectivity index (χ2n) is 24.4. The molecule has 0 radical (unpaired) electrons. The second-order valence-corrected chi connectivity index (χ2v) is 24.4. The molecule has 5 atom stereocenters. The predicted octanol–water partition coefficient (Wildman–Crippen LogP) is 11.7. The Labute approximate surface area is 604 Å². The molecule has 99 heavy (non-hydrogen) atoms. The molecule has 0 bridgehead atoms. The van der Waals surface area contributed by atoms with Gasteiger partial charge < -0.3 is 69.8 Å². The van der Waals surface area contributed by atoms with Crippen molar-refractivity contribution >= 4 is 89.6 Å². The maximum Gasteiger partial charge on any atom is 2.00 e. The predicted molar refractivity (Wildman–Crippen MR) is 376 cm³/mol. The molecular formula is C79H80CaF2N4O13. The van der Waals surface area contributed by atoms with E-state index in [0.717, 1.165) is 33.3 Å². The van der Waals surface area contributed by atoms with Crippen molar-refractivity contribution in [2.24, 2.45) is 0 Å². The van der Waals surface area contributed by atoms with Crippen molar-refractivity contribution in [2.75, 3.05) is 10.6 Å². The van der Waals surface area contributed by atoms with Gasteiger partial charge in [-0.2, -0.15) is 0 Å². The second kappa shape index (κ2) is 37.2. The number of halogens is 2. The zero-order valence-corrected chi connectivity index (χ0v) is 58.0. The van der Waals surface area contributed by atoms with Gasteiger partial charge in [-0.05, 0) is 162 Å². The van der Waals surface area contributed by atoms with Crippen LogP contribution < -0.4 is 25.6 Å². The number of aromatic nitrogens is 2. The fourth-order valence-electron chi connectivity index (χ4n) is 11.8. The van der Waals surface area contributed by atoms with Gasteiger partial charge in [0, 0.05) is 71.8 Å². The van der Waals surface area contributed by atoms with Crippen molar-refractivity contribution < 1.29 is 73.2 Å². The summed E-state index contributed by atoms with van der Waals surface area (Å²) in [6, 6.07) is 62.6. The van der Waals surface area contributed by atoms with E-state index in [0.29, 0.717) is 61.9 Å². The summed E-state index contributed by atoms with van der Waals surface area (Å²) in [5.74, 6) is -4.60. The topological polar surface area (TPSA) is 276 Å². The Hall–Kier alpha value is -9.15. The minimum absolute atomic E-state index is 0. The smallest absolute Gasteiger partial charge is 0.550 e. The molecule has 0 aliphatic rings. The number of benzene rings is 8. The first-order valence-corrected chi connectivity index (χ1v) is 32.4. The molecule has 510 valence electrons. The van der Waals surface area contributed by atoms with Crippen LogP contribution in [0, 0.1) is 11.6 Å². The van der Waals surface area contributed by atoms with Gasteiger partial charge >= 0.3 is 43.7 Å². The maximum atomic E-state index is 14.0. The molecule has 0 fully saturated rings. The number of anilines is 2. The standard InChI is InChI=1S/2C33H35FN2O5.C13H12O3.Ca/c2*1-21(2)31-30(33(41)35-25-11-7-4-8-12-25)29(22-9-5-3-6-10-22)32(23-13-15-24(34)16-14-23)36(31)18-17-26(37)19-27(38)20-28(39)40;1-9(14)13(15)16-12-7-6-10-4-2-3-5-11(10)8-12;/h2*3-16,21,26-27,37-38H,17-20H2,1-2H3,(H,35,41)(H,39,40);2-9,14H,1H3;/q;;;+2/p-2/t2*26-,27-;;/m11../s1. The normalized spacial score (nSPS) is 12.5. The van der Waals surface area contributed by atoms with Gasteiger partial charge in [-0.3, -0.25) is 9.59 Å². The van der Waals surface area contributed by atoms with E-state index in [4.69, 9.17) is 9.84 Å². The fraction of sp³-hybridized carbons (Fsp3) is 0.253. The number of amides is 2. The van der Waals surface area contributed by atoms with E-state index < -0.39 is 72.9 Å². The summed E-state index contributed by atoms with van der Waals surface area (Å²) in [6.45, 7) is 9.82. The van der Waals surface area contributed by atoms with Gasteiger partial charge in [-0.25, -0.2) is 13.6 Å². The molecular weight excluding hydrogens is 1290 g/mol. The van der Waals surface area contributed by atoms with Gasteiger partial charge in [0.1, 0.15) is 23.5 Å². The van der Waals surface area contributed by atoms with Crippen LogP contribution in [0.4, 0.5) is 20.2 Å². The molecule has 10 aromatic rings. The third-order valence-electron chi connectivity index (χ3n) is 16.1. The Kier molecular flexibility index (Phi) is 29.0. The van der Waals surface area contributed by atoms with Gasteiger partial charge in [0.05, 0.1) is 46.9 Å². The number of nitrogens with zero attached hydrogens (tertiary/aromatic N) is 2. The summed E-state index contributed by atoms with van der Waals surface area (Å²) in [6.07, 6.45) is -6.64. The van der Waals surface area contributed by atoms with Crippen LogP contribution in [0.2, 0.25) is 0 Å². The first-order valence-electron chi connectivity index (χ1n) is 32.4. The first kappa shape index (κ1) is 77.2. The minimum Gasteiger partial charge on any atom is -0.550 e. The van der Waals surface area contributed by atoms with E-state index in [1.807, 2.05) is 164 Å². The van der Waals surface area contributed by atoms with E-state index >= 15 is 0 Å². The van der Waals surface area contributed by atoms with Crippen molar-refractivity contribution in [2.45, 2.75) is 129 Å². The van der Waals surface area contributed by atoms with E-state index in [1.165, 1.54) is 31.2 Å². The molecule has 0 saturated heterocycles. The third-order valence-corrected chi connectivity index (χ3v) is 16.1. The van der Waals surface area contributed by atoms with E-state index in [2.05, 4.69) is 10.6 Å². The van der Waals surface area contributed by atoms with Gasteiger partial charge in [-0.1, -0.05) is 155 Å². The van der Waals surface area contributed by atoms with Crippen LogP contribution in [-0.2, 0) is 27.5 Å². The molecule has 17 nitrogen and oxygen atoms in total. The number of aliphatic carboxylic acids is 2. The number of hydrogen-bond donors (Lipinski definition) is 7. The number of esters is 1. The van der Waals surface area contributed by atoms with Crippen molar-refractivity contribution in [1.82, 2.24) is 9.13 Å². The molecule has 0 aliphatic heterocycles. The molecule has 1 unspecified atom stereocenters. The van der Waals surface area contributed by atoms with E-state index in [1.54, 1.807) is 60.7 Å². The maximum absolute atomic E-state index is 14.0. The number of fused-ring (bicyclic) bond motifs is 1. The number of carbonyl (C=O) groups is 5. The number of rotatable bonds is 26. The summed E-state index contributed by atoms with van der Waals surface area (Å²) in [5.41, 5.74) is 9.43. The van der Waals surface area contributed by atoms with Gasteiger partial charge in [0.15, 0.2) is 0 Å². The van der Waals surface area contributed by atoms with Gasteiger partial charge in [0.25, 0.3) is 11.8 Å². The Bertz CT molecular complexity index is 4060. The first-order chi connectivity index (χ1) is 47.0. The average molecular weight is 1370 g/mol. The Morgan fingerprint density at radius 2 is 0.798 bits per heavy atom. The zero-order valence-electron chi connectivity index (χ0n) is 55.8.